The van der Waals surface area contributed by atoms with Gasteiger partial charge >= 0.3 is 0 Å². The minimum absolute atomic E-state index is 0.00124. The molecular weight excluding hydrogens is 374 g/mol. The summed E-state index contributed by atoms with van der Waals surface area (Å²) >= 11 is 0. The molecule has 3 rings (SSSR count). The van der Waals surface area contributed by atoms with E-state index in [0.717, 1.165) is 25.7 Å². The highest BCUT2D eigenvalue weighted by Gasteiger charge is 2.33. The largest absolute Gasteiger partial charge is 0.354 e. The first-order valence-electron chi connectivity index (χ1n) is 10.1. The van der Waals surface area contributed by atoms with Crippen molar-refractivity contribution in [1.82, 2.24) is 10.0 Å². The molecule has 7 heteroatoms. The predicted octanol–water partition coefficient (Wildman–Crippen LogP) is 3.15. The van der Waals surface area contributed by atoms with Crippen molar-refractivity contribution >= 4 is 21.8 Å². The van der Waals surface area contributed by atoms with E-state index in [9.17, 15) is 13.2 Å². The first-order chi connectivity index (χ1) is 13.4. The Morgan fingerprint density at radius 2 is 2.07 bits per heavy atom. The number of allylic oxidation sites excluding steroid dienone is 1. The summed E-state index contributed by atoms with van der Waals surface area (Å²) in [6, 6.07) is 6.09. The Balaban J connectivity index is 1.74. The Morgan fingerprint density at radius 1 is 1.29 bits per heavy atom. The van der Waals surface area contributed by atoms with Crippen molar-refractivity contribution in [2.45, 2.75) is 63.3 Å². The number of amides is 1. The molecule has 1 aromatic rings. The third kappa shape index (κ3) is 4.63. The van der Waals surface area contributed by atoms with E-state index in [1.54, 1.807) is 24.3 Å². The van der Waals surface area contributed by atoms with Crippen LogP contribution in [0, 0.1) is 5.92 Å². The Hall–Kier alpha value is -2.15. The van der Waals surface area contributed by atoms with Crippen molar-refractivity contribution in [2.75, 3.05) is 6.54 Å². The molecule has 28 heavy (non-hydrogen) atoms. The van der Waals surface area contributed by atoms with Crippen LogP contribution in [0.25, 0.3) is 0 Å². The molecule has 0 saturated carbocycles. The van der Waals surface area contributed by atoms with Crippen LogP contribution in [0.2, 0.25) is 0 Å². The highest BCUT2D eigenvalue weighted by molar-refractivity contribution is 7.90. The third-order valence-corrected chi connectivity index (χ3v) is 6.91. The third-order valence-electron chi connectivity index (χ3n) is 5.51. The minimum Gasteiger partial charge on any atom is -0.354 e. The molecule has 0 fully saturated rings. The van der Waals surface area contributed by atoms with E-state index in [-0.39, 0.29) is 22.6 Å². The van der Waals surface area contributed by atoms with Gasteiger partial charge in [0.25, 0.3) is 10.0 Å². The zero-order valence-electron chi connectivity index (χ0n) is 16.6. The molecule has 0 bridgehead atoms. The smallest absolute Gasteiger partial charge is 0.263 e. The molecule has 1 aromatic carbocycles. The lowest BCUT2D eigenvalue weighted by molar-refractivity contribution is -0.123. The average Bonchev–Trinajstić information content (AvgIpc) is 2.96. The summed E-state index contributed by atoms with van der Waals surface area (Å²) in [6.45, 7) is 4.56. The van der Waals surface area contributed by atoms with Crippen LogP contribution >= 0.6 is 0 Å². The number of nitrogens with zero attached hydrogens (tertiary/aromatic N) is 1. The topological polar surface area (TPSA) is 87.6 Å². The summed E-state index contributed by atoms with van der Waals surface area (Å²) in [5.74, 6) is 0.103. The van der Waals surface area contributed by atoms with E-state index >= 15 is 0 Å². The zero-order chi connectivity index (χ0) is 20.1. The number of benzene rings is 1. The second-order valence-electron chi connectivity index (χ2n) is 7.56. The number of hydrogen-bond donors (Lipinski definition) is 2. The van der Waals surface area contributed by atoms with Gasteiger partial charge in [0.2, 0.25) is 5.91 Å². The molecule has 0 saturated heterocycles. The maximum atomic E-state index is 12.8. The Bertz CT molecular complexity index is 890. The van der Waals surface area contributed by atoms with Gasteiger partial charge in [0.05, 0.1) is 4.90 Å². The molecule has 1 aliphatic heterocycles. The maximum absolute atomic E-state index is 12.8. The monoisotopic (exact) mass is 403 g/mol. The van der Waals surface area contributed by atoms with E-state index in [2.05, 4.69) is 21.1 Å². The van der Waals surface area contributed by atoms with Gasteiger partial charge in [0.15, 0.2) is 0 Å². The van der Waals surface area contributed by atoms with E-state index < -0.39 is 16.1 Å². The van der Waals surface area contributed by atoms with Crippen molar-refractivity contribution in [3.63, 3.8) is 0 Å². The first-order valence-corrected chi connectivity index (χ1v) is 11.6. The second-order valence-corrected chi connectivity index (χ2v) is 9.21. The van der Waals surface area contributed by atoms with Crippen molar-refractivity contribution in [3.8, 4) is 0 Å². The van der Waals surface area contributed by atoms with Gasteiger partial charge in [-0.1, -0.05) is 44.1 Å². The average molecular weight is 404 g/mol. The molecule has 1 aliphatic carbocycles. The van der Waals surface area contributed by atoms with Crippen molar-refractivity contribution in [1.29, 1.82) is 0 Å². The van der Waals surface area contributed by atoms with E-state index in [1.807, 2.05) is 13.8 Å². The van der Waals surface area contributed by atoms with Crippen LogP contribution in [-0.4, -0.2) is 32.7 Å². The Labute approximate surface area is 167 Å². The number of amidine groups is 1. The molecule has 1 heterocycles. The molecule has 0 unspecified atom stereocenters. The van der Waals surface area contributed by atoms with Crippen LogP contribution in [-0.2, 0) is 14.8 Å². The predicted molar refractivity (Wildman–Crippen MR) is 111 cm³/mol. The molecule has 0 aromatic heterocycles. The summed E-state index contributed by atoms with van der Waals surface area (Å²) in [5.41, 5.74) is 1.94. The number of carbonyl (C=O) groups excluding carboxylic acids is 1. The van der Waals surface area contributed by atoms with Gasteiger partial charge in [-0.05, 0) is 50.2 Å². The zero-order valence-corrected chi connectivity index (χ0v) is 17.4. The number of sulfonamides is 1. The molecular formula is C21H29N3O3S. The van der Waals surface area contributed by atoms with E-state index in [4.69, 9.17) is 0 Å². The van der Waals surface area contributed by atoms with Crippen molar-refractivity contribution < 1.29 is 13.2 Å². The fourth-order valence-electron chi connectivity index (χ4n) is 3.62. The second kappa shape index (κ2) is 8.90. The highest BCUT2D eigenvalue weighted by atomic mass is 32.2. The number of hydrogen-bond acceptors (Lipinski definition) is 4. The molecule has 2 aliphatic rings. The first kappa shape index (κ1) is 20.6. The van der Waals surface area contributed by atoms with Crippen LogP contribution in [0.4, 0.5) is 0 Å². The van der Waals surface area contributed by atoms with E-state index in [0.29, 0.717) is 12.1 Å². The molecule has 2 atom stereocenters. The van der Waals surface area contributed by atoms with Gasteiger partial charge in [-0.15, -0.1) is 0 Å². The van der Waals surface area contributed by atoms with Crippen molar-refractivity contribution in [2.24, 2.45) is 10.9 Å². The normalized spacial score (nSPS) is 21.4. The van der Waals surface area contributed by atoms with Gasteiger partial charge in [0.1, 0.15) is 11.9 Å². The summed E-state index contributed by atoms with van der Waals surface area (Å²) in [5, 5.41) is 3.00. The van der Waals surface area contributed by atoms with Gasteiger partial charge < -0.3 is 5.32 Å². The lowest BCUT2D eigenvalue weighted by Gasteiger charge is -2.20. The number of carbonyl (C=O) groups is 1. The highest BCUT2D eigenvalue weighted by Crippen LogP contribution is 2.24. The molecule has 2 N–H and O–H groups in total. The minimum atomic E-state index is -3.61. The summed E-state index contributed by atoms with van der Waals surface area (Å²) in [6.07, 6.45) is 8.65. The number of nitrogens with one attached hydrogen (secondary N) is 2. The molecule has 1 amide bonds. The van der Waals surface area contributed by atoms with Gasteiger partial charge in [-0.25, -0.2) is 8.42 Å². The summed E-state index contributed by atoms with van der Waals surface area (Å²) < 4.78 is 27.1. The summed E-state index contributed by atoms with van der Waals surface area (Å²) in [7, 11) is -3.61. The van der Waals surface area contributed by atoms with Crippen LogP contribution in [0.5, 0.6) is 0 Å². The lowest BCUT2D eigenvalue weighted by atomic mass is 9.96. The van der Waals surface area contributed by atoms with Gasteiger partial charge in [-0.3, -0.25) is 14.5 Å². The van der Waals surface area contributed by atoms with Gasteiger partial charge in [0, 0.05) is 12.1 Å². The SMILES string of the molecule is CC[C@H](C)[C@H](N=C1NS(=O)(=O)c2ccccc21)C(=O)NCCC1=CCCCC1. The quantitative estimate of drug-likeness (QED) is 0.686. The number of aliphatic imine (C=N–C) groups is 1. The van der Waals surface area contributed by atoms with Crippen LogP contribution in [0.3, 0.4) is 0 Å². The fourth-order valence-corrected chi connectivity index (χ4v) is 4.86. The maximum Gasteiger partial charge on any atom is 0.263 e. The Kier molecular flexibility index (Phi) is 6.54. The number of rotatable bonds is 7. The molecule has 0 radical (unpaired) electrons. The number of fused-ring (bicyclic) bond motifs is 1. The van der Waals surface area contributed by atoms with Crippen LogP contribution < -0.4 is 10.0 Å². The van der Waals surface area contributed by atoms with Crippen molar-refractivity contribution in [3.05, 3.63) is 41.5 Å². The summed E-state index contributed by atoms with van der Waals surface area (Å²) in [4.78, 5) is 17.6. The van der Waals surface area contributed by atoms with Crippen LogP contribution in [0.15, 0.2) is 45.8 Å². The Morgan fingerprint density at radius 3 is 2.79 bits per heavy atom. The standard InChI is InChI=1S/C21H29N3O3S/c1-3-15(2)19(21(25)22-14-13-16-9-5-4-6-10-16)23-20-17-11-7-8-12-18(17)28(26,27)24-20/h7-9,11-12,15,19H,3-6,10,13-14H2,1-2H3,(H,22,25)(H,23,24)/t15-,19-/m0/s1. The lowest BCUT2D eigenvalue weighted by Crippen LogP contribution is -2.39. The molecule has 0 spiro atoms. The fraction of sp³-hybridized carbons (Fsp3) is 0.524. The van der Waals surface area contributed by atoms with E-state index in [1.165, 1.54) is 18.4 Å². The van der Waals surface area contributed by atoms with Crippen LogP contribution in [0.1, 0.15) is 57.9 Å². The molecule has 6 nitrogen and oxygen atoms in total. The van der Waals surface area contributed by atoms with Gasteiger partial charge in [-0.2, -0.15) is 0 Å². The molecule has 152 valence electrons.